The number of sulfonamides is 1. The topological polar surface area (TPSA) is 53.8 Å². The first-order chi connectivity index (χ1) is 11.0. The molecule has 1 unspecified atom stereocenters. The van der Waals surface area contributed by atoms with E-state index in [0.717, 1.165) is 17.0 Å². The van der Waals surface area contributed by atoms with Crippen LogP contribution in [0.2, 0.25) is 0 Å². The Morgan fingerprint density at radius 1 is 1.26 bits per heavy atom. The predicted molar refractivity (Wildman–Crippen MR) is 90.8 cm³/mol. The molecule has 0 radical (unpaired) electrons. The molecule has 0 bridgehead atoms. The molecule has 2 heterocycles. The molecule has 5 nitrogen and oxygen atoms in total. The van der Waals surface area contributed by atoms with Gasteiger partial charge in [0.2, 0.25) is 10.0 Å². The normalized spacial score (nSPS) is 18.5. The maximum Gasteiger partial charge on any atom is 0.235 e. The average Bonchev–Trinajstić information content (AvgIpc) is 3.15. The van der Waals surface area contributed by atoms with Crippen LogP contribution in [0.3, 0.4) is 0 Å². The molecule has 1 aromatic heterocycles. The molecular weight excluding hydrogens is 312 g/mol. The van der Waals surface area contributed by atoms with Gasteiger partial charge in [-0.05, 0) is 44.2 Å². The van der Waals surface area contributed by atoms with E-state index in [4.69, 9.17) is 4.42 Å². The summed E-state index contributed by atoms with van der Waals surface area (Å²) in [5, 5.41) is 0. The molecule has 1 saturated heterocycles. The van der Waals surface area contributed by atoms with Gasteiger partial charge >= 0.3 is 0 Å². The van der Waals surface area contributed by atoms with Gasteiger partial charge < -0.3 is 4.42 Å². The summed E-state index contributed by atoms with van der Waals surface area (Å²) in [6, 6.07) is 11.7. The van der Waals surface area contributed by atoms with Crippen molar-refractivity contribution in [2.45, 2.75) is 25.9 Å². The molecule has 1 aliphatic rings. The minimum absolute atomic E-state index is 0.0760. The number of para-hydroxylation sites is 1. The van der Waals surface area contributed by atoms with Gasteiger partial charge in [0, 0.05) is 12.6 Å². The van der Waals surface area contributed by atoms with Crippen LogP contribution in [0.5, 0.6) is 0 Å². The van der Waals surface area contributed by atoms with E-state index in [1.54, 1.807) is 10.6 Å². The second kappa shape index (κ2) is 6.37. The zero-order chi connectivity index (χ0) is 16.4. The zero-order valence-electron chi connectivity index (χ0n) is 13.5. The van der Waals surface area contributed by atoms with Crippen LogP contribution in [0, 0.1) is 0 Å². The fraction of sp³-hybridized carbons (Fsp3) is 0.412. The van der Waals surface area contributed by atoms with E-state index in [0.29, 0.717) is 19.5 Å². The Morgan fingerprint density at radius 3 is 2.70 bits per heavy atom. The highest BCUT2D eigenvalue weighted by molar-refractivity contribution is 7.93. The number of furan rings is 1. The highest BCUT2D eigenvalue weighted by Gasteiger charge is 2.31. The van der Waals surface area contributed by atoms with Crippen molar-refractivity contribution in [3.8, 4) is 0 Å². The molecular formula is C17H22N2O3S. The van der Waals surface area contributed by atoms with E-state index < -0.39 is 10.0 Å². The Labute approximate surface area is 137 Å². The van der Waals surface area contributed by atoms with Crippen LogP contribution in [0.15, 0.2) is 47.1 Å². The maximum absolute atomic E-state index is 12.3. The van der Waals surface area contributed by atoms with Crippen molar-refractivity contribution in [3.63, 3.8) is 0 Å². The Bertz CT molecular complexity index is 756. The molecule has 1 fully saturated rings. The summed E-state index contributed by atoms with van der Waals surface area (Å²) < 4.78 is 31.5. The third kappa shape index (κ3) is 3.28. The minimum atomic E-state index is -3.18. The number of hydrogen-bond acceptors (Lipinski definition) is 4. The quantitative estimate of drug-likeness (QED) is 0.843. The summed E-state index contributed by atoms with van der Waals surface area (Å²) in [4.78, 5) is 2.15. The molecule has 0 aliphatic carbocycles. The van der Waals surface area contributed by atoms with Gasteiger partial charge in [-0.2, -0.15) is 0 Å². The van der Waals surface area contributed by atoms with Gasteiger partial charge in [0.25, 0.3) is 0 Å². The fourth-order valence-electron chi connectivity index (χ4n) is 3.00. The first-order valence-electron chi connectivity index (χ1n) is 7.81. The van der Waals surface area contributed by atoms with Crippen LogP contribution in [0.25, 0.3) is 0 Å². The van der Waals surface area contributed by atoms with Crippen molar-refractivity contribution in [3.05, 3.63) is 54.0 Å². The van der Waals surface area contributed by atoms with E-state index in [1.165, 1.54) is 0 Å². The van der Waals surface area contributed by atoms with E-state index in [9.17, 15) is 8.42 Å². The van der Waals surface area contributed by atoms with E-state index in [2.05, 4.69) is 11.8 Å². The fourth-order valence-corrected chi connectivity index (χ4v) is 4.59. The molecule has 6 heteroatoms. The molecule has 23 heavy (non-hydrogen) atoms. The molecule has 124 valence electrons. The molecule has 1 aromatic carbocycles. The Morgan fingerprint density at radius 2 is 2.04 bits per heavy atom. The predicted octanol–water partition coefficient (Wildman–Crippen LogP) is 3.01. The van der Waals surface area contributed by atoms with Crippen molar-refractivity contribution in [2.24, 2.45) is 0 Å². The maximum atomic E-state index is 12.3. The summed E-state index contributed by atoms with van der Waals surface area (Å²) in [5.74, 6) is 1.13. The van der Waals surface area contributed by atoms with Crippen molar-refractivity contribution in [1.82, 2.24) is 4.90 Å². The van der Waals surface area contributed by atoms with Gasteiger partial charge in [0.15, 0.2) is 0 Å². The minimum Gasteiger partial charge on any atom is -0.468 e. The van der Waals surface area contributed by atoms with Crippen LogP contribution in [-0.4, -0.2) is 32.7 Å². The van der Waals surface area contributed by atoms with Crippen molar-refractivity contribution >= 4 is 15.7 Å². The molecule has 1 atom stereocenters. The monoisotopic (exact) mass is 334 g/mol. The van der Waals surface area contributed by atoms with Gasteiger partial charge in [-0.25, -0.2) is 8.42 Å². The Hall–Kier alpha value is -1.79. The lowest BCUT2D eigenvalue weighted by molar-refractivity contribution is 0.233. The lowest BCUT2D eigenvalue weighted by Gasteiger charge is -2.29. The zero-order valence-corrected chi connectivity index (χ0v) is 14.3. The van der Waals surface area contributed by atoms with Crippen molar-refractivity contribution in [2.75, 3.05) is 23.7 Å². The van der Waals surface area contributed by atoms with E-state index in [-0.39, 0.29) is 11.8 Å². The van der Waals surface area contributed by atoms with Gasteiger partial charge in [-0.3, -0.25) is 9.21 Å². The molecule has 1 aliphatic heterocycles. The Kier molecular flexibility index (Phi) is 4.46. The second-order valence-electron chi connectivity index (χ2n) is 5.97. The van der Waals surface area contributed by atoms with Crippen LogP contribution < -0.4 is 4.31 Å². The summed E-state index contributed by atoms with van der Waals surface area (Å²) in [6.45, 7) is 3.33. The first-order valence-corrected chi connectivity index (χ1v) is 9.42. The largest absolute Gasteiger partial charge is 0.468 e. The third-order valence-electron chi connectivity index (χ3n) is 4.40. The number of hydrogen-bond donors (Lipinski definition) is 0. The summed E-state index contributed by atoms with van der Waals surface area (Å²) >= 11 is 0. The highest BCUT2D eigenvalue weighted by atomic mass is 32.2. The van der Waals surface area contributed by atoms with Gasteiger partial charge in [0.05, 0.1) is 24.2 Å². The SMILES string of the molecule is CC(c1ccccc1N1CCCS1(=O)=O)N(C)Cc1ccco1. The Balaban J connectivity index is 1.87. The highest BCUT2D eigenvalue weighted by Crippen LogP contribution is 2.33. The van der Waals surface area contributed by atoms with E-state index in [1.807, 2.05) is 43.4 Å². The smallest absolute Gasteiger partial charge is 0.235 e. The van der Waals surface area contributed by atoms with Crippen LogP contribution in [0.1, 0.15) is 30.7 Å². The lowest BCUT2D eigenvalue weighted by atomic mass is 10.0. The number of rotatable bonds is 5. The molecule has 0 N–H and O–H groups in total. The summed E-state index contributed by atoms with van der Waals surface area (Å²) in [5.41, 5.74) is 1.82. The summed E-state index contributed by atoms with van der Waals surface area (Å²) in [6.07, 6.45) is 2.35. The van der Waals surface area contributed by atoms with Crippen LogP contribution >= 0.6 is 0 Å². The standard InChI is InChI=1S/C17H22N2O3S/c1-14(18(2)13-15-7-5-11-22-15)16-8-3-4-9-17(16)19-10-6-12-23(19,20)21/h3-5,7-9,11,14H,6,10,12-13H2,1-2H3. The van der Waals surface area contributed by atoms with Gasteiger partial charge in [-0.15, -0.1) is 0 Å². The first kappa shape index (κ1) is 16.1. The molecule has 2 aromatic rings. The number of nitrogens with zero attached hydrogens (tertiary/aromatic N) is 2. The van der Waals surface area contributed by atoms with Crippen molar-refractivity contribution in [1.29, 1.82) is 0 Å². The molecule has 0 amide bonds. The second-order valence-corrected chi connectivity index (χ2v) is 7.98. The lowest BCUT2D eigenvalue weighted by Crippen LogP contribution is -2.29. The molecule has 0 saturated carbocycles. The van der Waals surface area contributed by atoms with Gasteiger partial charge in [-0.1, -0.05) is 18.2 Å². The third-order valence-corrected chi connectivity index (χ3v) is 6.26. The molecule has 3 rings (SSSR count). The number of anilines is 1. The van der Waals surface area contributed by atoms with Crippen LogP contribution in [0.4, 0.5) is 5.69 Å². The number of benzene rings is 1. The van der Waals surface area contributed by atoms with E-state index >= 15 is 0 Å². The van der Waals surface area contributed by atoms with Gasteiger partial charge in [0.1, 0.15) is 5.76 Å². The molecule has 0 spiro atoms. The summed E-state index contributed by atoms with van der Waals surface area (Å²) in [7, 11) is -1.16. The average molecular weight is 334 g/mol. The van der Waals surface area contributed by atoms with Crippen LogP contribution in [-0.2, 0) is 16.6 Å². The van der Waals surface area contributed by atoms with Crippen molar-refractivity contribution < 1.29 is 12.8 Å².